The van der Waals surface area contributed by atoms with Crippen LogP contribution in [-0.4, -0.2) is 7.11 Å². The van der Waals surface area contributed by atoms with E-state index in [2.05, 4.69) is 13.8 Å². The molecule has 0 aliphatic carbocycles. The van der Waals surface area contributed by atoms with Crippen molar-refractivity contribution >= 4 is 5.69 Å². The van der Waals surface area contributed by atoms with Crippen LogP contribution in [0.2, 0.25) is 0 Å². The lowest BCUT2D eigenvalue weighted by molar-refractivity contribution is 0.414. The highest BCUT2D eigenvalue weighted by molar-refractivity contribution is 5.48. The lowest BCUT2D eigenvalue weighted by Gasteiger charge is -2.08. The first-order chi connectivity index (χ1) is 5.63. The number of ether oxygens (including phenoxy) is 1. The van der Waals surface area contributed by atoms with Gasteiger partial charge >= 0.3 is 0 Å². The Hall–Kier alpha value is -1.18. The number of nitrogens with two attached hydrogens (primary N) is 1. The van der Waals surface area contributed by atoms with Crippen LogP contribution in [0.1, 0.15) is 25.3 Å². The average molecular weight is 165 g/mol. The van der Waals surface area contributed by atoms with Crippen molar-refractivity contribution in [2.24, 2.45) is 0 Å². The van der Waals surface area contributed by atoms with E-state index < -0.39 is 0 Å². The van der Waals surface area contributed by atoms with E-state index in [0.717, 1.165) is 11.4 Å². The van der Waals surface area contributed by atoms with Crippen molar-refractivity contribution in [1.82, 2.24) is 0 Å². The number of benzene rings is 1. The molecule has 1 rings (SSSR count). The van der Waals surface area contributed by atoms with Gasteiger partial charge in [0.15, 0.2) is 0 Å². The van der Waals surface area contributed by atoms with Crippen molar-refractivity contribution in [3.63, 3.8) is 0 Å². The van der Waals surface area contributed by atoms with Crippen molar-refractivity contribution in [3.8, 4) is 5.75 Å². The number of rotatable bonds is 2. The third kappa shape index (κ3) is 1.91. The van der Waals surface area contributed by atoms with Crippen LogP contribution >= 0.6 is 0 Å². The summed E-state index contributed by atoms with van der Waals surface area (Å²) < 4.78 is 5.11. The van der Waals surface area contributed by atoms with E-state index in [9.17, 15) is 0 Å². The minimum absolute atomic E-state index is 0.488. The molecule has 0 saturated heterocycles. The molecular formula is C10H15NO. The first-order valence-corrected chi connectivity index (χ1v) is 4.08. The molecule has 0 radical (unpaired) electrons. The van der Waals surface area contributed by atoms with E-state index in [1.807, 2.05) is 18.2 Å². The van der Waals surface area contributed by atoms with E-state index in [-0.39, 0.29) is 0 Å². The van der Waals surface area contributed by atoms with Gasteiger partial charge in [0.1, 0.15) is 5.75 Å². The van der Waals surface area contributed by atoms with Crippen molar-refractivity contribution in [1.29, 1.82) is 0 Å². The van der Waals surface area contributed by atoms with E-state index in [1.54, 1.807) is 7.11 Å². The Morgan fingerprint density at radius 1 is 1.25 bits per heavy atom. The molecule has 0 saturated carbocycles. The molecule has 2 heteroatoms. The summed E-state index contributed by atoms with van der Waals surface area (Å²) >= 11 is 0. The number of methoxy groups -OCH3 is 1. The molecular weight excluding hydrogens is 150 g/mol. The number of nitrogen functional groups attached to an aromatic ring is 1. The van der Waals surface area contributed by atoms with Crippen LogP contribution in [0.15, 0.2) is 18.2 Å². The van der Waals surface area contributed by atoms with Crippen molar-refractivity contribution in [3.05, 3.63) is 23.8 Å². The minimum Gasteiger partial charge on any atom is -0.497 e. The Morgan fingerprint density at radius 2 is 1.92 bits per heavy atom. The minimum atomic E-state index is 0.488. The molecule has 66 valence electrons. The van der Waals surface area contributed by atoms with Crippen LogP contribution in [0.4, 0.5) is 5.69 Å². The van der Waals surface area contributed by atoms with Gasteiger partial charge in [-0.1, -0.05) is 13.8 Å². The molecule has 0 bridgehead atoms. The SMILES string of the molecule is COc1cc(N)cc(C(C)C)c1. The topological polar surface area (TPSA) is 35.2 Å². The first kappa shape index (κ1) is 8.91. The van der Waals surface area contributed by atoms with Gasteiger partial charge in [-0.25, -0.2) is 0 Å². The largest absolute Gasteiger partial charge is 0.497 e. The van der Waals surface area contributed by atoms with E-state index >= 15 is 0 Å². The summed E-state index contributed by atoms with van der Waals surface area (Å²) in [4.78, 5) is 0. The lowest BCUT2D eigenvalue weighted by atomic mass is 10.0. The summed E-state index contributed by atoms with van der Waals surface area (Å²) in [6.07, 6.45) is 0. The van der Waals surface area contributed by atoms with Gasteiger partial charge in [-0.15, -0.1) is 0 Å². The zero-order valence-electron chi connectivity index (χ0n) is 7.79. The van der Waals surface area contributed by atoms with Crippen LogP contribution in [0, 0.1) is 0 Å². The van der Waals surface area contributed by atoms with Gasteiger partial charge in [-0.05, 0) is 23.6 Å². The Balaban J connectivity index is 3.06. The fraction of sp³-hybridized carbons (Fsp3) is 0.400. The zero-order chi connectivity index (χ0) is 9.14. The Kier molecular flexibility index (Phi) is 2.58. The second kappa shape index (κ2) is 3.48. The van der Waals surface area contributed by atoms with Gasteiger partial charge < -0.3 is 10.5 Å². The predicted octanol–water partition coefficient (Wildman–Crippen LogP) is 2.40. The molecule has 0 aromatic heterocycles. The summed E-state index contributed by atoms with van der Waals surface area (Å²) in [5.41, 5.74) is 7.67. The van der Waals surface area contributed by atoms with Crippen LogP contribution in [-0.2, 0) is 0 Å². The van der Waals surface area contributed by atoms with Crippen molar-refractivity contribution in [2.45, 2.75) is 19.8 Å². The Morgan fingerprint density at radius 3 is 2.42 bits per heavy atom. The molecule has 0 spiro atoms. The van der Waals surface area contributed by atoms with Crippen LogP contribution in [0.3, 0.4) is 0 Å². The molecule has 0 heterocycles. The van der Waals surface area contributed by atoms with Gasteiger partial charge in [0.05, 0.1) is 7.11 Å². The molecule has 12 heavy (non-hydrogen) atoms. The summed E-state index contributed by atoms with van der Waals surface area (Å²) in [6, 6.07) is 5.82. The summed E-state index contributed by atoms with van der Waals surface area (Å²) in [5.74, 6) is 1.32. The standard InChI is InChI=1S/C10H15NO/c1-7(2)8-4-9(11)6-10(5-8)12-3/h4-7H,11H2,1-3H3. The maximum atomic E-state index is 5.69. The van der Waals surface area contributed by atoms with Crippen molar-refractivity contribution in [2.75, 3.05) is 12.8 Å². The Bertz CT molecular complexity index is 269. The van der Waals surface area contributed by atoms with Gasteiger partial charge in [0.25, 0.3) is 0 Å². The summed E-state index contributed by atoms with van der Waals surface area (Å²) in [6.45, 7) is 4.27. The second-order valence-corrected chi connectivity index (χ2v) is 3.19. The molecule has 0 aliphatic rings. The maximum absolute atomic E-state index is 5.69. The normalized spacial score (nSPS) is 10.3. The van der Waals surface area contributed by atoms with Crippen molar-refractivity contribution < 1.29 is 4.74 Å². The molecule has 0 amide bonds. The average Bonchev–Trinajstić information content (AvgIpc) is 2.03. The third-order valence-corrected chi connectivity index (χ3v) is 1.85. The highest BCUT2D eigenvalue weighted by atomic mass is 16.5. The van der Waals surface area contributed by atoms with Crippen LogP contribution < -0.4 is 10.5 Å². The van der Waals surface area contributed by atoms with Gasteiger partial charge in [-0.2, -0.15) is 0 Å². The summed E-state index contributed by atoms with van der Waals surface area (Å²) in [5, 5.41) is 0. The van der Waals surface area contributed by atoms with Gasteiger partial charge in [-0.3, -0.25) is 0 Å². The van der Waals surface area contributed by atoms with Crippen LogP contribution in [0.25, 0.3) is 0 Å². The number of anilines is 1. The number of hydrogen-bond donors (Lipinski definition) is 1. The van der Waals surface area contributed by atoms with Gasteiger partial charge in [0.2, 0.25) is 0 Å². The quantitative estimate of drug-likeness (QED) is 0.683. The lowest BCUT2D eigenvalue weighted by Crippen LogP contribution is -1.93. The van der Waals surface area contributed by atoms with Gasteiger partial charge in [0, 0.05) is 11.8 Å². The number of hydrogen-bond acceptors (Lipinski definition) is 2. The fourth-order valence-corrected chi connectivity index (χ4v) is 1.10. The molecule has 0 aliphatic heterocycles. The van der Waals surface area contributed by atoms with E-state index in [0.29, 0.717) is 5.92 Å². The first-order valence-electron chi connectivity index (χ1n) is 4.08. The second-order valence-electron chi connectivity index (χ2n) is 3.19. The predicted molar refractivity (Wildman–Crippen MR) is 51.5 cm³/mol. The molecule has 0 fully saturated rings. The van der Waals surface area contributed by atoms with E-state index in [4.69, 9.17) is 10.5 Å². The monoisotopic (exact) mass is 165 g/mol. The third-order valence-electron chi connectivity index (χ3n) is 1.85. The Labute approximate surface area is 73.3 Å². The molecule has 2 N–H and O–H groups in total. The molecule has 1 aromatic carbocycles. The molecule has 1 aromatic rings. The maximum Gasteiger partial charge on any atom is 0.121 e. The highest BCUT2D eigenvalue weighted by Crippen LogP contribution is 2.23. The van der Waals surface area contributed by atoms with Crippen LogP contribution in [0.5, 0.6) is 5.75 Å². The fourth-order valence-electron chi connectivity index (χ4n) is 1.10. The molecule has 2 nitrogen and oxygen atoms in total. The molecule has 0 atom stereocenters. The van der Waals surface area contributed by atoms with E-state index in [1.165, 1.54) is 5.56 Å². The smallest absolute Gasteiger partial charge is 0.121 e. The zero-order valence-corrected chi connectivity index (χ0v) is 7.79. The summed E-state index contributed by atoms with van der Waals surface area (Å²) in [7, 11) is 1.65. The molecule has 0 unspecified atom stereocenters. The highest BCUT2D eigenvalue weighted by Gasteiger charge is 2.02.